The molecule has 47 heavy (non-hydrogen) atoms. The van der Waals surface area contributed by atoms with Gasteiger partial charge in [0.1, 0.15) is 23.3 Å². The van der Waals surface area contributed by atoms with Crippen molar-refractivity contribution in [2.24, 2.45) is 0 Å². The van der Waals surface area contributed by atoms with Gasteiger partial charge in [-0.05, 0) is 55.8 Å². The molecule has 14 nitrogen and oxygen atoms in total. The Morgan fingerprint density at radius 3 is 2.47 bits per heavy atom. The van der Waals surface area contributed by atoms with Crippen molar-refractivity contribution in [3.05, 3.63) is 99.9 Å². The Morgan fingerprint density at radius 1 is 1.06 bits per heavy atom. The van der Waals surface area contributed by atoms with Crippen molar-refractivity contribution in [3.8, 4) is 23.3 Å². The standard InChI is InChI=1S/C32H31N7O7S/c1-2-45-32(40)31-30-29(35-38(31)23-11-13-24(14-12-23)46-27-9-5-3-7-22(27)21-33)26(15-16-34-30)36-17-19-37(20-18-36)47(43,44)28-10-6-4-8-25(28)39(41)42/h3-14,26,34H,2,15-20H2,1H3/t26-/m1/s1. The average molecular weight is 658 g/mol. The molecule has 1 fully saturated rings. The summed E-state index contributed by atoms with van der Waals surface area (Å²) in [6.45, 7) is 3.44. The Hall–Kier alpha value is -5.30. The van der Waals surface area contributed by atoms with Crippen LogP contribution in [0, 0.1) is 21.4 Å². The fourth-order valence-corrected chi connectivity index (χ4v) is 7.47. The number of hydrogen-bond donors (Lipinski definition) is 1. The van der Waals surface area contributed by atoms with Crippen molar-refractivity contribution in [1.29, 1.82) is 5.26 Å². The number of carbonyl (C=O) groups excluding carboxylic acids is 1. The number of esters is 1. The molecule has 2 aliphatic heterocycles. The summed E-state index contributed by atoms with van der Waals surface area (Å²) in [7, 11) is -4.09. The van der Waals surface area contributed by atoms with E-state index >= 15 is 0 Å². The number of anilines is 1. The van der Waals surface area contributed by atoms with E-state index in [0.29, 0.717) is 60.2 Å². The van der Waals surface area contributed by atoms with E-state index in [0.717, 1.165) is 0 Å². The first-order valence-electron chi connectivity index (χ1n) is 15.0. The first-order chi connectivity index (χ1) is 22.7. The number of benzene rings is 3. The maximum atomic E-state index is 13.4. The van der Waals surface area contributed by atoms with Gasteiger partial charge in [-0.3, -0.25) is 15.0 Å². The molecular formula is C32H31N7O7S. The minimum Gasteiger partial charge on any atom is -0.461 e. The van der Waals surface area contributed by atoms with Crippen LogP contribution in [0.3, 0.4) is 0 Å². The summed E-state index contributed by atoms with van der Waals surface area (Å²) < 4.78 is 40.9. The minimum atomic E-state index is -4.09. The highest BCUT2D eigenvalue weighted by Crippen LogP contribution is 2.39. The molecule has 15 heteroatoms. The van der Waals surface area contributed by atoms with E-state index in [4.69, 9.17) is 14.6 Å². The van der Waals surface area contributed by atoms with Gasteiger partial charge in [-0.2, -0.15) is 14.7 Å². The second kappa shape index (κ2) is 13.2. The lowest BCUT2D eigenvalue weighted by molar-refractivity contribution is -0.387. The molecular weight excluding hydrogens is 626 g/mol. The SMILES string of the molecule is CCOC(=O)c1c2c(nn1-c1ccc(Oc3ccccc3C#N)cc1)[C@H](N1CCN(S(=O)(=O)c3ccccc3[N+](=O)[O-])CC1)CCN2. The minimum absolute atomic E-state index is 0.134. The highest BCUT2D eigenvalue weighted by Gasteiger charge is 2.39. The lowest BCUT2D eigenvalue weighted by Gasteiger charge is -2.39. The van der Waals surface area contributed by atoms with Crippen LogP contribution in [0.25, 0.3) is 5.69 Å². The van der Waals surface area contributed by atoms with Crippen LogP contribution >= 0.6 is 0 Å². The van der Waals surface area contributed by atoms with Gasteiger partial charge in [-0.1, -0.05) is 24.3 Å². The second-order valence-corrected chi connectivity index (χ2v) is 12.7. The van der Waals surface area contributed by atoms with Crippen LogP contribution in [-0.4, -0.2) is 77.6 Å². The van der Waals surface area contributed by atoms with E-state index < -0.39 is 26.6 Å². The van der Waals surface area contributed by atoms with Crippen molar-refractivity contribution < 1.29 is 27.6 Å². The number of aromatic nitrogens is 2. The van der Waals surface area contributed by atoms with Crippen LogP contribution in [0.5, 0.6) is 11.5 Å². The van der Waals surface area contributed by atoms with Gasteiger partial charge in [0.15, 0.2) is 10.6 Å². The Morgan fingerprint density at radius 2 is 1.77 bits per heavy atom. The Labute approximate surface area is 270 Å². The molecule has 1 atom stereocenters. The summed E-state index contributed by atoms with van der Waals surface area (Å²) in [4.78, 5) is 25.9. The number of para-hydroxylation sites is 2. The molecule has 1 N–H and O–H groups in total. The Bertz CT molecular complexity index is 1960. The molecule has 0 saturated carbocycles. The van der Waals surface area contributed by atoms with E-state index in [1.807, 2.05) is 0 Å². The van der Waals surface area contributed by atoms with Gasteiger partial charge in [0.25, 0.3) is 5.69 Å². The fourth-order valence-electron chi connectivity index (χ4n) is 5.89. The van der Waals surface area contributed by atoms with Crippen molar-refractivity contribution in [3.63, 3.8) is 0 Å². The van der Waals surface area contributed by atoms with E-state index in [1.165, 1.54) is 33.3 Å². The smallest absolute Gasteiger partial charge is 0.359 e. The molecule has 1 aromatic heterocycles. The average Bonchev–Trinajstić information content (AvgIpc) is 3.49. The van der Waals surface area contributed by atoms with Gasteiger partial charge >= 0.3 is 5.97 Å². The molecule has 0 bridgehead atoms. The third kappa shape index (κ3) is 6.13. The molecule has 6 rings (SSSR count). The van der Waals surface area contributed by atoms with E-state index in [-0.39, 0.29) is 36.3 Å². The second-order valence-electron chi connectivity index (χ2n) is 10.8. The van der Waals surface area contributed by atoms with Gasteiger partial charge < -0.3 is 14.8 Å². The number of carbonyl (C=O) groups is 1. The molecule has 4 aromatic rings. The maximum Gasteiger partial charge on any atom is 0.359 e. The van der Waals surface area contributed by atoms with Gasteiger partial charge in [0.05, 0.1) is 34.5 Å². The largest absolute Gasteiger partial charge is 0.461 e. The zero-order valence-corrected chi connectivity index (χ0v) is 26.2. The molecule has 2 aliphatic rings. The number of nitriles is 1. The number of fused-ring (bicyclic) bond motifs is 1. The first kappa shape index (κ1) is 31.7. The number of nitrogens with zero attached hydrogens (tertiary/aromatic N) is 6. The molecule has 0 amide bonds. The number of hydrogen-bond acceptors (Lipinski definition) is 11. The zero-order valence-electron chi connectivity index (χ0n) is 25.4. The quantitative estimate of drug-likeness (QED) is 0.153. The lowest BCUT2D eigenvalue weighted by Crippen LogP contribution is -2.50. The van der Waals surface area contributed by atoms with E-state index in [9.17, 15) is 28.6 Å². The third-order valence-electron chi connectivity index (χ3n) is 8.13. The van der Waals surface area contributed by atoms with Gasteiger partial charge in [-0.25, -0.2) is 17.9 Å². The van der Waals surface area contributed by atoms with Crippen molar-refractivity contribution in [2.45, 2.75) is 24.3 Å². The molecule has 0 aliphatic carbocycles. The van der Waals surface area contributed by atoms with E-state index in [1.54, 1.807) is 55.5 Å². The summed E-state index contributed by atoms with van der Waals surface area (Å²) in [5.41, 5.74) is 1.96. The molecule has 3 aromatic carbocycles. The summed E-state index contributed by atoms with van der Waals surface area (Å²) >= 11 is 0. The lowest BCUT2D eigenvalue weighted by atomic mass is 10.0. The van der Waals surface area contributed by atoms with Crippen LogP contribution in [0.2, 0.25) is 0 Å². The summed E-state index contributed by atoms with van der Waals surface area (Å²) in [5.74, 6) is 0.375. The number of rotatable bonds is 9. The fraction of sp³-hybridized carbons (Fsp3) is 0.281. The predicted octanol–water partition coefficient (Wildman–Crippen LogP) is 4.48. The molecule has 242 valence electrons. The van der Waals surface area contributed by atoms with E-state index in [2.05, 4.69) is 16.3 Å². The Balaban J connectivity index is 1.26. The number of nitro groups is 1. The monoisotopic (exact) mass is 657 g/mol. The molecule has 0 unspecified atom stereocenters. The maximum absolute atomic E-state index is 13.4. The van der Waals surface area contributed by atoms with Crippen molar-refractivity contribution >= 4 is 27.4 Å². The van der Waals surface area contributed by atoms with Crippen LogP contribution < -0.4 is 10.1 Å². The first-order valence-corrected chi connectivity index (χ1v) is 16.5. The molecule has 0 radical (unpaired) electrons. The highest BCUT2D eigenvalue weighted by molar-refractivity contribution is 7.89. The number of sulfonamides is 1. The number of ether oxygens (including phenoxy) is 2. The number of piperazine rings is 1. The number of nitrogens with one attached hydrogen (secondary N) is 1. The van der Waals surface area contributed by atoms with Crippen LogP contribution in [-0.2, 0) is 14.8 Å². The van der Waals surface area contributed by atoms with Gasteiger partial charge in [0, 0.05) is 38.8 Å². The predicted molar refractivity (Wildman–Crippen MR) is 170 cm³/mol. The normalized spacial score (nSPS) is 16.8. The van der Waals surface area contributed by atoms with Crippen molar-refractivity contribution in [2.75, 3.05) is 44.6 Å². The Kier molecular flexibility index (Phi) is 8.90. The molecule has 1 saturated heterocycles. The van der Waals surface area contributed by atoms with Crippen LogP contribution in [0.15, 0.2) is 77.7 Å². The number of nitro benzene ring substituents is 1. The molecule has 3 heterocycles. The van der Waals surface area contributed by atoms with Gasteiger partial charge in [-0.15, -0.1) is 0 Å². The summed E-state index contributed by atoms with van der Waals surface area (Å²) in [6.07, 6.45) is 0.661. The van der Waals surface area contributed by atoms with Crippen LogP contribution in [0.4, 0.5) is 11.4 Å². The highest BCUT2D eigenvalue weighted by atomic mass is 32.2. The zero-order chi connectivity index (χ0) is 33.1. The van der Waals surface area contributed by atoms with Crippen molar-refractivity contribution in [1.82, 2.24) is 19.0 Å². The summed E-state index contributed by atoms with van der Waals surface area (Å²) in [6, 6.07) is 21.1. The molecule has 0 spiro atoms. The summed E-state index contributed by atoms with van der Waals surface area (Å²) in [5, 5.41) is 29.1. The van der Waals surface area contributed by atoms with Gasteiger partial charge in [0.2, 0.25) is 10.0 Å². The van der Waals surface area contributed by atoms with Crippen LogP contribution in [0.1, 0.15) is 41.1 Å². The third-order valence-corrected chi connectivity index (χ3v) is 10.1. The topological polar surface area (TPSA) is 173 Å².